The van der Waals surface area contributed by atoms with Gasteiger partial charge in [0.15, 0.2) is 0 Å². The lowest BCUT2D eigenvalue weighted by Gasteiger charge is -2.09. The van der Waals surface area contributed by atoms with Crippen LogP contribution in [0, 0.1) is 0 Å². The third-order valence-corrected chi connectivity index (χ3v) is 3.13. The molecular weight excluding hydrogens is 292 g/mol. The summed E-state index contributed by atoms with van der Waals surface area (Å²) < 4.78 is 0. The average molecular weight is 309 g/mol. The second-order valence-corrected chi connectivity index (χ2v) is 4.39. The van der Waals surface area contributed by atoms with Crippen molar-refractivity contribution in [3.8, 4) is 0 Å². The highest BCUT2D eigenvalue weighted by molar-refractivity contribution is 6.33. The summed E-state index contributed by atoms with van der Waals surface area (Å²) in [5.74, 6) is 0.821. The molecule has 6 heteroatoms. The molecule has 5 nitrogen and oxygen atoms in total. The Morgan fingerprint density at radius 2 is 1.48 bits per heavy atom. The Kier molecular flexibility index (Phi) is 7.33. The van der Waals surface area contributed by atoms with Crippen molar-refractivity contribution in [3.05, 3.63) is 65.8 Å². The first-order valence-corrected chi connectivity index (χ1v) is 6.08. The van der Waals surface area contributed by atoms with Gasteiger partial charge in [-0.15, -0.1) is 0 Å². The van der Waals surface area contributed by atoms with Crippen LogP contribution in [-0.2, 0) is 0 Å². The fourth-order valence-corrected chi connectivity index (χ4v) is 2.09. The van der Waals surface area contributed by atoms with Gasteiger partial charge in [0.1, 0.15) is 5.82 Å². The van der Waals surface area contributed by atoms with E-state index in [4.69, 9.17) is 11.6 Å². The van der Waals surface area contributed by atoms with E-state index >= 15 is 0 Å². The first kappa shape index (κ1) is 18.8. The van der Waals surface area contributed by atoms with Gasteiger partial charge in [0.05, 0.1) is 10.7 Å². The number of benzene rings is 2. The summed E-state index contributed by atoms with van der Waals surface area (Å²) in [5, 5.41) is 6.20. The molecular formula is C15H17ClN2O3. The number of rotatable bonds is 2. The molecule has 0 radical (unpaired) electrons. The number of pyridine rings is 1. The lowest BCUT2D eigenvalue weighted by molar-refractivity contribution is 0.823. The number of nitrogens with zero attached hydrogens (tertiary/aromatic N) is 1. The van der Waals surface area contributed by atoms with Crippen molar-refractivity contribution in [3.63, 3.8) is 0 Å². The van der Waals surface area contributed by atoms with E-state index in [2.05, 4.69) is 16.4 Å². The third kappa shape index (κ3) is 3.90. The minimum atomic E-state index is 0. The molecule has 0 aliphatic heterocycles. The van der Waals surface area contributed by atoms with E-state index in [1.54, 1.807) is 6.20 Å². The van der Waals surface area contributed by atoms with Crippen molar-refractivity contribution >= 4 is 33.9 Å². The molecule has 0 spiro atoms. The third-order valence-electron chi connectivity index (χ3n) is 2.80. The van der Waals surface area contributed by atoms with Crippen LogP contribution in [0.15, 0.2) is 60.8 Å². The smallest absolute Gasteiger partial charge is 0.138 e. The highest BCUT2D eigenvalue weighted by atomic mass is 35.5. The fourth-order valence-electron chi connectivity index (χ4n) is 1.91. The van der Waals surface area contributed by atoms with E-state index in [0.29, 0.717) is 5.02 Å². The van der Waals surface area contributed by atoms with E-state index < -0.39 is 0 Å². The van der Waals surface area contributed by atoms with Gasteiger partial charge >= 0.3 is 0 Å². The van der Waals surface area contributed by atoms with Crippen LogP contribution in [0.5, 0.6) is 0 Å². The monoisotopic (exact) mass is 308 g/mol. The zero-order valence-corrected chi connectivity index (χ0v) is 11.9. The van der Waals surface area contributed by atoms with Gasteiger partial charge in [0.25, 0.3) is 0 Å². The number of para-hydroxylation sites is 1. The first-order chi connectivity index (χ1) is 8.84. The van der Waals surface area contributed by atoms with Crippen LogP contribution < -0.4 is 5.32 Å². The highest BCUT2D eigenvalue weighted by Crippen LogP contribution is 2.27. The summed E-state index contributed by atoms with van der Waals surface area (Å²) in [6.45, 7) is 0. The summed E-state index contributed by atoms with van der Waals surface area (Å²) in [6.07, 6.45) is 1.79. The molecule has 2 aromatic carbocycles. The van der Waals surface area contributed by atoms with Crippen LogP contribution in [-0.4, -0.2) is 21.4 Å². The van der Waals surface area contributed by atoms with Crippen molar-refractivity contribution in [1.29, 1.82) is 0 Å². The normalized spacial score (nSPS) is 9.00. The Morgan fingerprint density at radius 1 is 0.810 bits per heavy atom. The molecule has 0 fully saturated rings. The molecule has 3 rings (SSSR count). The minimum absolute atomic E-state index is 0. The molecule has 0 amide bonds. The lowest BCUT2D eigenvalue weighted by atomic mass is 10.1. The van der Waals surface area contributed by atoms with Gasteiger partial charge in [-0.25, -0.2) is 4.98 Å². The standard InChI is InChI=1S/C15H11ClN2.3H2O/c16-13-7-3-4-8-14(13)18-15-12-6-2-1-5-11(12)9-10-17-15;;;/h1-10H,(H,17,18);3*1H2. The average Bonchev–Trinajstić information content (AvgIpc) is 2.42. The largest absolute Gasteiger partial charge is 0.412 e. The molecule has 0 unspecified atom stereocenters. The highest BCUT2D eigenvalue weighted by Gasteiger charge is 2.04. The predicted octanol–water partition coefficient (Wildman–Crippen LogP) is 2.16. The number of fused-ring (bicyclic) bond motifs is 1. The van der Waals surface area contributed by atoms with Crippen LogP contribution in [0.1, 0.15) is 0 Å². The topological polar surface area (TPSA) is 119 Å². The maximum absolute atomic E-state index is 6.14. The van der Waals surface area contributed by atoms with Gasteiger partial charge in [-0.1, -0.05) is 48.0 Å². The predicted molar refractivity (Wildman–Crippen MR) is 87.3 cm³/mol. The van der Waals surface area contributed by atoms with Crippen LogP contribution in [0.2, 0.25) is 5.02 Å². The maximum atomic E-state index is 6.14. The van der Waals surface area contributed by atoms with E-state index in [1.807, 2.05) is 48.5 Å². The molecule has 21 heavy (non-hydrogen) atoms. The number of hydrogen-bond acceptors (Lipinski definition) is 2. The zero-order valence-electron chi connectivity index (χ0n) is 11.1. The molecule has 0 saturated carbocycles. The van der Waals surface area contributed by atoms with Crippen LogP contribution in [0.25, 0.3) is 10.8 Å². The van der Waals surface area contributed by atoms with Crippen molar-refractivity contribution in [2.45, 2.75) is 0 Å². The summed E-state index contributed by atoms with van der Waals surface area (Å²) in [6, 6.07) is 17.8. The Morgan fingerprint density at radius 3 is 2.24 bits per heavy atom. The summed E-state index contributed by atoms with van der Waals surface area (Å²) >= 11 is 6.14. The maximum Gasteiger partial charge on any atom is 0.138 e. The molecule has 1 heterocycles. The molecule has 0 atom stereocenters. The van der Waals surface area contributed by atoms with E-state index in [1.165, 1.54) is 0 Å². The molecule has 7 N–H and O–H groups in total. The lowest BCUT2D eigenvalue weighted by Crippen LogP contribution is -1.94. The quantitative estimate of drug-likeness (QED) is 0.780. The SMILES string of the molecule is Clc1ccccc1Nc1nccc2ccccc12.O.O.O. The fraction of sp³-hybridized carbons (Fsp3) is 0. The number of hydrogen-bond donors (Lipinski definition) is 1. The Hall–Kier alpha value is -2.18. The molecule has 1 aromatic heterocycles. The molecule has 3 aromatic rings. The Balaban J connectivity index is 0.00000133. The van der Waals surface area contributed by atoms with Crippen molar-refractivity contribution in [2.24, 2.45) is 0 Å². The summed E-state index contributed by atoms with van der Waals surface area (Å²) in [5.41, 5.74) is 0.864. The van der Waals surface area contributed by atoms with Crippen LogP contribution in [0.4, 0.5) is 11.5 Å². The van der Waals surface area contributed by atoms with Gasteiger partial charge in [-0.3, -0.25) is 0 Å². The molecule has 0 bridgehead atoms. The number of halogens is 1. The zero-order chi connectivity index (χ0) is 12.4. The second-order valence-electron chi connectivity index (χ2n) is 3.99. The van der Waals surface area contributed by atoms with Crippen LogP contribution in [0.3, 0.4) is 0 Å². The van der Waals surface area contributed by atoms with Crippen molar-refractivity contribution in [1.82, 2.24) is 4.98 Å². The van der Waals surface area contributed by atoms with E-state index in [0.717, 1.165) is 22.3 Å². The molecule has 0 aliphatic rings. The molecule has 0 saturated heterocycles. The van der Waals surface area contributed by atoms with Crippen LogP contribution >= 0.6 is 11.6 Å². The minimum Gasteiger partial charge on any atom is -0.412 e. The number of anilines is 2. The Labute approximate surface area is 127 Å². The first-order valence-electron chi connectivity index (χ1n) is 5.70. The molecule has 112 valence electrons. The van der Waals surface area contributed by atoms with E-state index in [9.17, 15) is 0 Å². The Bertz CT molecular complexity index is 702. The van der Waals surface area contributed by atoms with Gasteiger partial charge in [-0.05, 0) is 23.6 Å². The second kappa shape index (κ2) is 8.18. The summed E-state index contributed by atoms with van der Waals surface area (Å²) in [7, 11) is 0. The number of nitrogens with one attached hydrogen (secondary N) is 1. The van der Waals surface area contributed by atoms with Crippen molar-refractivity contribution < 1.29 is 16.4 Å². The van der Waals surface area contributed by atoms with Crippen molar-refractivity contribution in [2.75, 3.05) is 5.32 Å². The van der Waals surface area contributed by atoms with Gasteiger partial charge in [-0.2, -0.15) is 0 Å². The molecule has 0 aliphatic carbocycles. The van der Waals surface area contributed by atoms with Gasteiger partial charge in [0.2, 0.25) is 0 Å². The summed E-state index contributed by atoms with van der Waals surface area (Å²) in [4.78, 5) is 4.37. The van der Waals surface area contributed by atoms with Gasteiger partial charge in [0, 0.05) is 11.6 Å². The number of aromatic nitrogens is 1. The van der Waals surface area contributed by atoms with Gasteiger partial charge < -0.3 is 21.7 Å². The van der Waals surface area contributed by atoms with E-state index in [-0.39, 0.29) is 16.4 Å².